The molecule has 2 saturated carbocycles. The highest BCUT2D eigenvalue weighted by Crippen LogP contribution is 2.63. The number of fused-ring (bicyclic) bond motifs is 2. The normalized spacial score (nSPS) is 47.2. The standard InChI is InChI=1S/C15H24/c1-10-12-9-14(2,3)7-11(12)8-15(4)6-5-13(10)15/h11,13H,5-9H2,1-4H3/t11-,13+,15-/m0/s1. The second kappa shape index (κ2) is 2.70. The Hall–Kier alpha value is -0.260. The number of rotatable bonds is 0. The molecule has 0 amide bonds. The summed E-state index contributed by atoms with van der Waals surface area (Å²) < 4.78 is 0. The Balaban J connectivity index is 1.99. The minimum atomic E-state index is 0.585. The van der Waals surface area contributed by atoms with Gasteiger partial charge >= 0.3 is 0 Å². The first-order chi connectivity index (χ1) is 6.91. The van der Waals surface area contributed by atoms with Gasteiger partial charge in [-0.15, -0.1) is 0 Å². The van der Waals surface area contributed by atoms with Gasteiger partial charge in [0.25, 0.3) is 0 Å². The third-order valence-corrected chi connectivity index (χ3v) is 5.55. The quantitative estimate of drug-likeness (QED) is 0.507. The third-order valence-electron chi connectivity index (χ3n) is 5.55. The van der Waals surface area contributed by atoms with E-state index in [1.165, 1.54) is 32.1 Å². The molecule has 0 heteroatoms. The smallest absolute Gasteiger partial charge is 0.0149 e. The molecular formula is C15H24. The van der Waals surface area contributed by atoms with E-state index in [4.69, 9.17) is 0 Å². The molecule has 0 radical (unpaired) electrons. The molecule has 3 aliphatic carbocycles. The van der Waals surface area contributed by atoms with Gasteiger partial charge in [-0.25, -0.2) is 0 Å². The summed E-state index contributed by atoms with van der Waals surface area (Å²) in [6.45, 7) is 9.88. The first-order valence-electron chi connectivity index (χ1n) is 6.61. The maximum absolute atomic E-state index is 2.53. The second-order valence-electron chi connectivity index (χ2n) is 7.40. The molecule has 0 aromatic carbocycles. The monoisotopic (exact) mass is 204 g/mol. The highest BCUT2D eigenvalue weighted by molar-refractivity contribution is 5.31. The topological polar surface area (TPSA) is 0 Å². The van der Waals surface area contributed by atoms with Crippen LogP contribution in [0.5, 0.6) is 0 Å². The fourth-order valence-corrected chi connectivity index (χ4v) is 4.73. The average Bonchev–Trinajstić information content (AvgIpc) is 2.37. The first kappa shape index (κ1) is 9.93. The van der Waals surface area contributed by atoms with Gasteiger partial charge < -0.3 is 0 Å². The summed E-state index contributed by atoms with van der Waals surface area (Å²) in [6, 6.07) is 0. The highest BCUT2D eigenvalue weighted by Gasteiger charge is 2.52. The van der Waals surface area contributed by atoms with Crippen molar-refractivity contribution in [2.45, 2.75) is 59.8 Å². The van der Waals surface area contributed by atoms with E-state index in [1.807, 2.05) is 5.57 Å². The van der Waals surface area contributed by atoms with Crippen LogP contribution in [-0.4, -0.2) is 0 Å². The fraction of sp³-hybridized carbons (Fsp3) is 0.867. The molecule has 0 saturated heterocycles. The molecule has 0 nitrogen and oxygen atoms in total. The second-order valence-corrected chi connectivity index (χ2v) is 7.40. The summed E-state index contributed by atoms with van der Waals surface area (Å²) in [4.78, 5) is 0. The van der Waals surface area contributed by atoms with Gasteiger partial charge in [0.15, 0.2) is 0 Å². The van der Waals surface area contributed by atoms with Crippen LogP contribution >= 0.6 is 0 Å². The molecule has 0 aromatic heterocycles. The van der Waals surface area contributed by atoms with Gasteiger partial charge in [0.05, 0.1) is 0 Å². The van der Waals surface area contributed by atoms with E-state index in [0.29, 0.717) is 10.8 Å². The average molecular weight is 204 g/mol. The lowest BCUT2D eigenvalue weighted by molar-refractivity contribution is 0.0390. The van der Waals surface area contributed by atoms with Crippen LogP contribution in [0.2, 0.25) is 0 Å². The molecule has 3 atom stereocenters. The first-order valence-corrected chi connectivity index (χ1v) is 6.61. The SMILES string of the molecule is CC1=C2CC(C)(C)C[C@H]2C[C@]2(C)CC[C@H]12. The van der Waals surface area contributed by atoms with Crippen LogP contribution in [0.25, 0.3) is 0 Å². The van der Waals surface area contributed by atoms with Gasteiger partial charge in [-0.1, -0.05) is 31.9 Å². The van der Waals surface area contributed by atoms with Crippen molar-refractivity contribution in [3.8, 4) is 0 Å². The molecule has 3 aliphatic rings. The Morgan fingerprint density at radius 3 is 2.47 bits per heavy atom. The lowest BCUT2D eigenvalue weighted by atomic mass is 9.52. The molecule has 15 heavy (non-hydrogen) atoms. The van der Waals surface area contributed by atoms with Crippen molar-refractivity contribution in [1.29, 1.82) is 0 Å². The van der Waals surface area contributed by atoms with Gasteiger partial charge in [0.1, 0.15) is 0 Å². The fourth-order valence-electron chi connectivity index (χ4n) is 4.73. The number of hydrogen-bond donors (Lipinski definition) is 0. The van der Waals surface area contributed by atoms with Gasteiger partial charge in [-0.2, -0.15) is 0 Å². The Morgan fingerprint density at radius 1 is 1.13 bits per heavy atom. The molecule has 0 aliphatic heterocycles. The van der Waals surface area contributed by atoms with Crippen LogP contribution in [-0.2, 0) is 0 Å². The summed E-state index contributed by atoms with van der Waals surface area (Å²) in [5.74, 6) is 1.90. The Morgan fingerprint density at radius 2 is 1.87 bits per heavy atom. The molecule has 0 bridgehead atoms. The van der Waals surface area contributed by atoms with E-state index in [0.717, 1.165) is 11.8 Å². The summed E-state index contributed by atoms with van der Waals surface area (Å²) in [6.07, 6.45) is 7.28. The van der Waals surface area contributed by atoms with E-state index in [1.54, 1.807) is 5.57 Å². The molecule has 84 valence electrons. The predicted octanol–water partition coefficient (Wildman–Crippen LogP) is 4.56. The highest BCUT2D eigenvalue weighted by atomic mass is 14.6. The van der Waals surface area contributed by atoms with Crippen molar-refractivity contribution in [3.63, 3.8) is 0 Å². The van der Waals surface area contributed by atoms with Crippen molar-refractivity contribution in [3.05, 3.63) is 11.1 Å². The molecule has 0 N–H and O–H groups in total. The van der Waals surface area contributed by atoms with Crippen LogP contribution in [0, 0.1) is 22.7 Å². The van der Waals surface area contributed by atoms with Crippen LogP contribution in [0.15, 0.2) is 11.1 Å². The lowest BCUT2D eigenvalue weighted by Crippen LogP contribution is -2.43. The Kier molecular flexibility index (Phi) is 1.79. The maximum Gasteiger partial charge on any atom is -0.0149 e. The summed E-state index contributed by atoms with van der Waals surface area (Å²) in [7, 11) is 0. The van der Waals surface area contributed by atoms with Gasteiger partial charge in [0, 0.05) is 0 Å². The van der Waals surface area contributed by atoms with Crippen molar-refractivity contribution in [1.82, 2.24) is 0 Å². The van der Waals surface area contributed by atoms with Crippen LogP contribution < -0.4 is 0 Å². The molecule has 3 rings (SSSR count). The van der Waals surface area contributed by atoms with Gasteiger partial charge in [-0.3, -0.25) is 0 Å². The van der Waals surface area contributed by atoms with Crippen molar-refractivity contribution < 1.29 is 0 Å². The molecule has 0 spiro atoms. The van der Waals surface area contributed by atoms with Crippen LogP contribution in [0.1, 0.15) is 59.8 Å². The minimum Gasteiger partial charge on any atom is -0.0702 e. The third kappa shape index (κ3) is 1.26. The molecule has 2 fully saturated rings. The predicted molar refractivity (Wildman–Crippen MR) is 64.7 cm³/mol. The zero-order valence-corrected chi connectivity index (χ0v) is 10.7. The van der Waals surface area contributed by atoms with Gasteiger partial charge in [-0.05, 0) is 61.7 Å². The summed E-state index contributed by atoms with van der Waals surface area (Å²) >= 11 is 0. The minimum absolute atomic E-state index is 0.585. The van der Waals surface area contributed by atoms with E-state index >= 15 is 0 Å². The van der Waals surface area contributed by atoms with Crippen LogP contribution in [0.3, 0.4) is 0 Å². The lowest BCUT2D eigenvalue weighted by Gasteiger charge is -2.53. The largest absolute Gasteiger partial charge is 0.0702 e. The van der Waals surface area contributed by atoms with E-state index < -0.39 is 0 Å². The molecule has 0 unspecified atom stereocenters. The van der Waals surface area contributed by atoms with Crippen LogP contribution in [0.4, 0.5) is 0 Å². The zero-order chi connectivity index (χ0) is 10.8. The Bertz CT molecular complexity index is 334. The van der Waals surface area contributed by atoms with E-state index in [9.17, 15) is 0 Å². The van der Waals surface area contributed by atoms with E-state index in [-0.39, 0.29) is 0 Å². The number of hydrogen-bond acceptors (Lipinski definition) is 0. The summed E-state index contributed by atoms with van der Waals surface area (Å²) in [5.41, 5.74) is 4.94. The molecular weight excluding hydrogens is 180 g/mol. The van der Waals surface area contributed by atoms with Gasteiger partial charge in [0.2, 0.25) is 0 Å². The number of allylic oxidation sites excluding steroid dienone is 2. The Labute approximate surface area is 94.1 Å². The molecule has 0 aromatic rings. The van der Waals surface area contributed by atoms with E-state index in [2.05, 4.69) is 27.7 Å². The summed E-state index contributed by atoms with van der Waals surface area (Å²) in [5, 5.41) is 0. The maximum atomic E-state index is 2.53. The van der Waals surface area contributed by atoms with Crippen molar-refractivity contribution in [2.75, 3.05) is 0 Å². The van der Waals surface area contributed by atoms with Crippen molar-refractivity contribution >= 4 is 0 Å². The molecule has 0 heterocycles. The zero-order valence-electron chi connectivity index (χ0n) is 10.7. The van der Waals surface area contributed by atoms with Crippen molar-refractivity contribution in [2.24, 2.45) is 22.7 Å².